The molecule has 5 rings (SSSR count). The maximum absolute atomic E-state index is 14.2. The van der Waals surface area contributed by atoms with Crippen molar-refractivity contribution in [1.82, 2.24) is 34.3 Å². The number of rotatable bonds is 5. The van der Waals surface area contributed by atoms with Crippen molar-refractivity contribution in [2.24, 2.45) is 0 Å². The van der Waals surface area contributed by atoms with Crippen LogP contribution in [0, 0.1) is 5.82 Å². The lowest BCUT2D eigenvalue weighted by molar-refractivity contribution is 0.0577. The van der Waals surface area contributed by atoms with Crippen molar-refractivity contribution >= 4 is 28.4 Å². The molecule has 1 saturated heterocycles. The van der Waals surface area contributed by atoms with Gasteiger partial charge in [0.15, 0.2) is 11.5 Å². The first-order valence-electron chi connectivity index (χ1n) is 10.8. The maximum atomic E-state index is 14.2. The molecular formula is C21H26FN9O2. The molecule has 3 N–H and O–H groups in total. The SMILES string of the molecule is COc1cc(F)cc2c1nc(N)n1nc(C3CCCN(c4ncn(CC(C)(C)O)n4)C3)nc21. The third kappa shape index (κ3) is 4.01. The molecule has 4 heterocycles. The number of piperidine rings is 1. The summed E-state index contributed by atoms with van der Waals surface area (Å²) in [4.78, 5) is 15.6. The number of benzene rings is 1. The summed E-state index contributed by atoms with van der Waals surface area (Å²) in [7, 11) is 1.46. The van der Waals surface area contributed by atoms with Gasteiger partial charge < -0.3 is 20.5 Å². The Hall–Kier alpha value is -3.54. The van der Waals surface area contributed by atoms with Gasteiger partial charge in [-0.2, -0.15) is 4.52 Å². The molecule has 0 amide bonds. The highest BCUT2D eigenvalue weighted by molar-refractivity contribution is 5.95. The highest BCUT2D eigenvalue weighted by Crippen LogP contribution is 2.32. The Morgan fingerprint density at radius 1 is 1.27 bits per heavy atom. The van der Waals surface area contributed by atoms with Crippen molar-refractivity contribution in [1.29, 1.82) is 0 Å². The average Bonchev–Trinajstić information content (AvgIpc) is 3.41. The van der Waals surface area contributed by atoms with Crippen LogP contribution in [0.2, 0.25) is 0 Å². The Morgan fingerprint density at radius 2 is 2.09 bits per heavy atom. The number of anilines is 2. The largest absolute Gasteiger partial charge is 0.494 e. The summed E-state index contributed by atoms with van der Waals surface area (Å²) in [6, 6.07) is 2.63. The summed E-state index contributed by atoms with van der Waals surface area (Å²) in [5.41, 5.74) is 6.14. The number of halogens is 1. The number of nitrogens with two attached hydrogens (primary N) is 1. The zero-order valence-electron chi connectivity index (χ0n) is 18.7. The van der Waals surface area contributed by atoms with Crippen molar-refractivity contribution < 1.29 is 14.2 Å². The molecule has 1 atom stereocenters. The van der Waals surface area contributed by atoms with Crippen molar-refractivity contribution in [2.45, 2.75) is 44.8 Å². The summed E-state index contributed by atoms with van der Waals surface area (Å²) in [5, 5.41) is 19.6. The van der Waals surface area contributed by atoms with Crippen LogP contribution in [0.1, 0.15) is 38.4 Å². The second kappa shape index (κ2) is 7.80. The molecule has 0 saturated carbocycles. The third-order valence-electron chi connectivity index (χ3n) is 5.71. The number of nitrogen functional groups attached to an aromatic ring is 1. The minimum Gasteiger partial charge on any atom is -0.494 e. The van der Waals surface area contributed by atoms with Crippen LogP contribution in [-0.4, -0.2) is 65.3 Å². The molecular weight excluding hydrogens is 429 g/mol. The summed E-state index contributed by atoms with van der Waals surface area (Å²) in [6.45, 7) is 5.25. The average molecular weight is 455 g/mol. The van der Waals surface area contributed by atoms with Gasteiger partial charge in [0.2, 0.25) is 11.9 Å². The first-order chi connectivity index (χ1) is 15.7. The molecule has 33 heavy (non-hydrogen) atoms. The number of hydrogen-bond donors (Lipinski definition) is 2. The van der Waals surface area contributed by atoms with E-state index in [0.717, 1.165) is 19.4 Å². The van der Waals surface area contributed by atoms with E-state index in [2.05, 4.69) is 25.1 Å². The number of methoxy groups -OCH3 is 1. The molecule has 0 bridgehead atoms. The van der Waals surface area contributed by atoms with Crippen molar-refractivity contribution in [2.75, 3.05) is 30.8 Å². The number of fused-ring (bicyclic) bond motifs is 3. The first kappa shape index (κ1) is 21.3. The van der Waals surface area contributed by atoms with E-state index in [-0.39, 0.29) is 11.9 Å². The maximum Gasteiger partial charge on any atom is 0.244 e. The van der Waals surface area contributed by atoms with E-state index >= 15 is 0 Å². The second-order valence-corrected chi connectivity index (χ2v) is 9.02. The van der Waals surface area contributed by atoms with Gasteiger partial charge in [0.05, 0.1) is 24.6 Å². The smallest absolute Gasteiger partial charge is 0.244 e. The van der Waals surface area contributed by atoms with Crippen molar-refractivity contribution in [3.63, 3.8) is 0 Å². The van der Waals surface area contributed by atoms with Crippen LogP contribution in [0.3, 0.4) is 0 Å². The van der Waals surface area contributed by atoms with Crippen LogP contribution >= 0.6 is 0 Å². The Balaban J connectivity index is 1.47. The van der Waals surface area contributed by atoms with Gasteiger partial charge in [0.1, 0.15) is 23.4 Å². The zero-order chi connectivity index (χ0) is 23.3. The molecule has 174 valence electrons. The fourth-order valence-corrected chi connectivity index (χ4v) is 4.28. The number of hydrogen-bond acceptors (Lipinski definition) is 9. The van der Waals surface area contributed by atoms with Crippen LogP contribution < -0.4 is 15.4 Å². The van der Waals surface area contributed by atoms with E-state index in [1.54, 1.807) is 24.9 Å². The number of ether oxygens (including phenoxy) is 1. The number of aromatic nitrogens is 7. The molecule has 0 radical (unpaired) electrons. The predicted octanol–water partition coefficient (Wildman–Crippen LogP) is 1.75. The number of aliphatic hydroxyl groups is 1. The molecule has 1 aliphatic rings. The lowest BCUT2D eigenvalue weighted by Crippen LogP contribution is -2.35. The Bertz CT molecular complexity index is 1330. The van der Waals surface area contributed by atoms with Gasteiger partial charge in [-0.25, -0.2) is 24.0 Å². The van der Waals surface area contributed by atoms with Gasteiger partial charge in [0.25, 0.3) is 0 Å². The molecule has 11 nitrogen and oxygen atoms in total. The Morgan fingerprint density at radius 3 is 2.85 bits per heavy atom. The van der Waals surface area contributed by atoms with Crippen LogP contribution in [0.4, 0.5) is 16.3 Å². The van der Waals surface area contributed by atoms with Gasteiger partial charge in [0, 0.05) is 25.1 Å². The monoisotopic (exact) mass is 455 g/mol. The van der Waals surface area contributed by atoms with Crippen LogP contribution in [0.15, 0.2) is 18.5 Å². The fourth-order valence-electron chi connectivity index (χ4n) is 4.28. The van der Waals surface area contributed by atoms with E-state index in [0.29, 0.717) is 47.2 Å². The minimum absolute atomic E-state index is 0.0183. The summed E-state index contributed by atoms with van der Waals surface area (Å²) < 4.78 is 22.6. The van der Waals surface area contributed by atoms with E-state index < -0.39 is 11.4 Å². The van der Waals surface area contributed by atoms with Crippen molar-refractivity contribution in [3.05, 3.63) is 30.1 Å². The minimum atomic E-state index is -0.880. The summed E-state index contributed by atoms with van der Waals surface area (Å²) in [5.74, 6) is 1.23. The highest BCUT2D eigenvalue weighted by atomic mass is 19.1. The third-order valence-corrected chi connectivity index (χ3v) is 5.71. The highest BCUT2D eigenvalue weighted by Gasteiger charge is 2.28. The molecule has 0 spiro atoms. The van der Waals surface area contributed by atoms with Gasteiger partial charge in [-0.05, 0) is 32.8 Å². The quantitative estimate of drug-likeness (QED) is 0.462. The molecule has 1 unspecified atom stereocenters. The second-order valence-electron chi connectivity index (χ2n) is 9.02. The zero-order valence-corrected chi connectivity index (χ0v) is 18.7. The van der Waals surface area contributed by atoms with Gasteiger partial charge in [-0.15, -0.1) is 10.2 Å². The summed E-state index contributed by atoms with van der Waals surface area (Å²) >= 11 is 0. The lowest BCUT2D eigenvalue weighted by atomic mass is 9.98. The fraction of sp³-hybridized carbons (Fsp3) is 0.476. The van der Waals surface area contributed by atoms with Gasteiger partial charge in [-0.1, -0.05) is 0 Å². The topological polar surface area (TPSA) is 133 Å². The van der Waals surface area contributed by atoms with Crippen LogP contribution in [0.5, 0.6) is 5.75 Å². The normalized spacial score (nSPS) is 17.2. The van der Waals surface area contributed by atoms with Crippen molar-refractivity contribution in [3.8, 4) is 5.75 Å². The van der Waals surface area contributed by atoms with E-state index in [4.69, 9.17) is 15.5 Å². The molecule has 1 fully saturated rings. The van der Waals surface area contributed by atoms with Crippen LogP contribution in [0.25, 0.3) is 16.6 Å². The van der Waals surface area contributed by atoms with Gasteiger partial charge in [-0.3, -0.25) is 0 Å². The van der Waals surface area contributed by atoms with E-state index in [1.807, 2.05) is 0 Å². The van der Waals surface area contributed by atoms with E-state index in [9.17, 15) is 9.50 Å². The summed E-state index contributed by atoms with van der Waals surface area (Å²) in [6.07, 6.45) is 3.43. The van der Waals surface area contributed by atoms with Gasteiger partial charge >= 0.3 is 0 Å². The Kier molecular flexibility index (Phi) is 5.04. The van der Waals surface area contributed by atoms with E-state index in [1.165, 1.54) is 23.8 Å². The number of nitrogens with zero attached hydrogens (tertiary/aromatic N) is 8. The lowest BCUT2D eigenvalue weighted by Gasteiger charge is -2.30. The first-order valence-corrected chi connectivity index (χ1v) is 10.8. The molecule has 3 aromatic heterocycles. The Labute approximate surface area is 189 Å². The molecule has 1 aliphatic heterocycles. The molecule has 1 aromatic carbocycles. The molecule has 4 aromatic rings. The molecule has 0 aliphatic carbocycles. The standard InChI is InChI=1S/C21H26FN9O2/c1-21(2,32)10-30-11-24-20(28-30)29-6-4-5-12(9-29)17-26-18-14-7-13(22)8-15(33-3)16(14)25-19(23)31(18)27-17/h7-8,11-12,32H,4-6,9-10H2,1-3H3,(H2,23,25). The molecule has 12 heteroatoms. The van der Waals surface area contributed by atoms with Crippen LogP contribution in [-0.2, 0) is 6.54 Å². The predicted molar refractivity (Wildman–Crippen MR) is 120 cm³/mol.